The van der Waals surface area contributed by atoms with Gasteiger partial charge in [-0.2, -0.15) is 0 Å². The van der Waals surface area contributed by atoms with Crippen LogP contribution in [0.3, 0.4) is 0 Å². The van der Waals surface area contributed by atoms with Crippen LogP contribution < -0.4 is 0 Å². The quantitative estimate of drug-likeness (QED) is 0.179. The van der Waals surface area contributed by atoms with Crippen molar-refractivity contribution in [2.45, 2.75) is 109 Å². The van der Waals surface area contributed by atoms with E-state index in [-0.39, 0.29) is 18.5 Å². The van der Waals surface area contributed by atoms with E-state index in [1.54, 1.807) is 0 Å². The first kappa shape index (κ1) is 32.4. The molecule has 0 bridgehead atoms. The molecule has 5 heteroatoms. The molecule has 1 aliphatic heterocycles. The first-order valence-corrected chi connectivity index (χ1v) is 14.5. The van der Waals surface area contributed by atoms with Crippen LogP contribution >= 0.6 is 12.4 Å². The topological polar surface area (TPSA) is 35.9 Å². The molecule has 0 spiro atoms. The summed E-state index contributed by atoms with van der Waals surface area (Å²) in [7, 11) is 0. The lowest BCUT2D eigenvalue weighted by molar-refractivity contribution is 0.00559. The molecule has 1 atom stereocenters. The number of hydrogen-bond donors (Lipinski definition) is 1. The summed E-state index contributed by atoms with van der Waals surface area (Å²) in [6.07, 6.45) is 18.9. The minimum absolute atomic E-state index is 0. The zero-order valence-corrected chi connectivity index (χ0v) is 23.5. The molecule has 4 nitrogen and oxygen atoms in total. The zero-order chi connectivity index (χ0) is 24.1. The van der Waals surface area contributed by atoms with Gasteiger partial charge in [-0.3, -0.25) is 9.80 Å². The van der Waals surface area contributed by atoms with Crippen LogP contribution in [0.1, 0.15) is 102 Å². The number of hydrogen-bond acceptors (Lipinski definition) is 4. The van der Waals surface area contributed by atoms with Gasteiger partial charge in [0.25, 0.3) is 0 Å². The molecule has 1 aromatic carbocycles. The number of aliphatic hydroxyl groups excluding tert-OH is 1. The van der Waals surface area contributed by atoms with E-state index in [1.165, 1.54) is 89.0 Å². The molecule has 35 heavy (non-hydrogen) atoms. The summed E-state index contributed by atoms with van der Waals surface area (Å²) in [6.45, 7) is 9.52. The van der Waals surface area contributed by atoms with Gasteiger partial charge in [0.15, 0.2) is 0 Å². The summed E-state index contributed by atoms with van der Waals surface area (Å²) in [4.78, 5) is 4.88. The molecule has 1 fully saturated rings. The van der Waals surface area contributed by atoms with Crippen LogP contribution in [0.25, 0.3) is 0 Å². The van der Waals surface area contributed by atoms with Crippen LogP contribution in [-0.4, -0.2) is 66.9 Å². The van der Waals surface area contributed by atoms with E-state index >= 15 is 0 Å². The average molecular weight is 511 g/mol. The Labute approximate surface area is 223 Å². The second-order valence-electron chi connectivity index (χ2n) is 10.4. The Hall–Kier alpha value is -0.650. The van der Waals surface area contributed by atoms with Crippen molar-refractivity contribution in [2.75, 3.05) is 45.9 Å². The molecular formula is C30H55ClN2O2. The lowest BCUT2D eigenvalue weighted by atomic mass is 10.0. The third kappa shape index (κ3) is 17.4. The second-order valence-corrected chi connectivity index (χ2v) is 10.4. The van der Waals surface area contributed by atoms with Gasteiger partial charge in [-0.05, 0) is 12.0 Å². The fourth-order valence-corrected chi connectivity index (χ4v) is 4.94. The largest absolute Gasteiger partial charge is 0.389 e. The maximum atomic E-state index is 10.3. The van der Waals surface area contributed by atoms with Gasteiger partial charge < -0.3 is 9.84 Å². The van der Waals surface area contributed by atoms with Gasteiger partial charge in [0.05, 0.1) is 12.7 Å². The van der Waals surface area contributed by atoms with Crippen molar-refractivity contribution in [3.63, 3.8) is 0 Å². The van der Waals surface area contributed by atoms with E-state index in [4.69, 9.17) is 4.74 Å². The monoisotopic (exact) mass is 510 g/mol. The van der Waals surface area contributed by atoms with Crippen molar-refractivity contribution < 1.29 is 9.84 Å². The number of β-amino-alcohol motifs (C(OH)–C–C–N with tert-alkyl or cyclic N) is 1. The highest BCUT2D eigenvalue weighted by Crippen LogP contribution is 2.13. The lowest BCUT2D eigenvalue weighted by Crippen LogP contribution is -2.48. The molecule has 0 aromatic heterocycles. The third-order valence-corrected chi connectivity index (χ3v) is 7.14. The predicted octanol–water partition coefficient (Wildman–Crippen LogP) is 7.08. The Morgan fingerprint density at radius 1 is 0.714 bits per heavy atom. The van der Waals surface area contributed by atoms with Crippen molar-refractivity contribution in [3.8, 4) is 0 Å². The molecule has 1 saturated heterocycles. The minimum atomic E-state index is -0.368. The highest BCUT2D eigenvalue weighted by Gasteiger charge is 2.19. The minimum Gasteiger partial charge on any atom is -0.389 e. The van der Waals surface area contributed by atoms with E-state index in [1.807, 2.05) is 0 Å². The number of unbranched alkanes of at least 4 members (excludes halogenated alkanes) is 13. The molecule has 2 rings (SSSR count). The smallest absolute Gasteiger partial charge is 0.0900 e. The molecule has 1 aromatic rings. The molecule has 0 aliphatic carbocycles. The van der Waals surface area contributed by atoms with Crippen LogP contribution in [0, 0.1) is 0 Å². The van der Waals surface area contributed by atoms with E-state index in [9.17, 15) is 5.11 Å². The summed E-state index contributed by atoms with van der Waals surface area (Å²) < 4.78 is 5.76. The number of benzene rings is 1. The molecule has 0 saturated carbocycles. The van der Waals surface area contributed by atoms with Crippen LogP contribution in [0.15, 0.2) is 30.3 Å². The standard InChI is InChI=1S/C30H54N2O2.ClH/c1-2-3-4-5-6-7-8-9-10-11-12-13-14-18-25-34-28-30(33)27-32-23-21-31(22-24-32)26-29-19-16-15-17-20-29;/h15-17,19-20,30,33H,2-14,18,21-28H2,1H3;1H. The molecule has 1 aliphatic rings. The number of aliphatic hydroxyl groups is 1. The summed E-state index contributed by atoms with van der Waals surface area (Å²) in [6, 6.07) is 10.7. The van der Waals surface area contributed by atoms with Gasteiger partial charge in [0.2, 0.25) is 0 Å². The first-order valence-electron chi connectivity index (χ1n) is 14.5. The van der Waals surface area contributed by atoms with Gasteiger partial charge in [-0.15, -0.1) is 12.4 Å². The molecule has 1 unspecified atom stereocenters. The maximum absolute atomic E-state index is 10.3. The molecule has 0 amide bonds. The van der Waals surface area contributed by atoms with Crippen LogP contribution in [0.5, 0.6) is 0 Å². The Bertz CT molecular complexity index is 567. The van der Waals surface area contributed by atoms with Gasteiger partial charge in [-0.25, -0.2) is 0 Å². The number of piperazine rings is 1. The Balaban J connectivity index is 0.00000612. The average Bonchev–Trinajstić information content (AvgIpc) is 2.85. The van der Waals surface area contributed by atoms with Gasteiger partial charge in [0, 0.05) is 45.9 Å². The normalized spacial score (nSPS) is 15.7. The van der Waals surface area contributed by atoms with Gasteiger partial charge >= 0.3 is 0 Å². The summed E-state index contributed by atoms with van der Waals surface area (Å²) in [5.41, 5.74) is 1.38. The van der Waals surface area contributed by atoms with E-state index < -0.39 is 0 Å². The Kier molecular flexibility index (Phi) is 20.9. The van der Waals surface area contributed by atoms with Crippen LogP contribution in [0.2, 0.25) is 0 Å². The Morgan fingerprint density at radius 2 is 1.20 bits per heavy atom. The molecule has 0 radical (unpaired) electrons. The number of rotatable bonds is 21. The van der Waals surface area contributed by atoms with Gasteiger partial charge in [-0.1, -0.05) is 121 Å². The maximum Gasteiger partial charge on any atom is 0.0900 e. The fourth-order valence-electron chi connectivity index (χ4n) is 4.94. The van der Waals surface area contributed by atoms with E-state index in [0.29, 0.717) is 6.61 Å². The number of ether oxygens (including phenoxy) is 1. The van der Waals surface area contributed by atoms with Crippen molar-refractivity contribution in [2.24, 2.45) is 0 Å². The van der Waals surface area contributed by atoms with Crippen molar-refractivity contribution in [1.29, 1.82) is 0 Å². The van der Waals surface area contributed by atoms with Crippen LogP contribution in [-0.2, 0) is 11.3 Å². The lowest BCUT2D eigenvalue weighted by Gasteiger charge is -2.35. The summed E-state index contributed by atoms with van der Waals surface area (Å²) in [5.74, 6) is 0. The second kappa shape index (κ2) is 22.5. The molecule has 1 N–H and O–H groups in total. The number of nitrogens with zero attached hydrogens (tertiary/aromatic N) is 2. The zero-order valence-electron chi connectivity index (χ0n) is 22.7. The first-order chi connectivity index (χ1) is 16.8. The molecule has 1 heterocycles. The number of halogens is 1. The SMILES string of the molecule is CCCCCCCCCCCCCCCCOCC(O)CN1CCN(Cc2ccccc2)CC1.Cl. The van der Waals surface area contributed by atoms with E-state index in [2.05, 4.69) is 47.1 Å². The van der Waals surface area contributed by atoms with Gasteiger partial charge in [0.1, 0.15) is 0 Å². The summed E-state index contributed by atoms with van der Waals surface area (Å²) in [5, 5.41) is 10.3. The molecular weight excluding hydrogens is 456 g/mol. The third-order valence-electron chi connectivity index (χ3n) is 7.14. The highest BCUT2D eigenvalue weighted by atomic mass is 35.5. The van der Waals surface area contributed by atoms with Crippen molar-refractivity contribution in [3.05, 3.63) is 35.9 Å². The van der Waals surface area contributed by atoms with Crippen molar-refractivity contribution >= 4 is 12.4 Å². The summed E-state index contributed by atoms with van der Waals surface area (Å²) >= 11 is 0. The van der Waals surface area contributed by atoms with E-state index in [0.717, 1.165) is 52.3 Å². The fraction of sp³-hybridized carbons (Fsp3) is 0.800. The Morgan fingerprint density at radius 3 is 1.74 bits per heavy atom. The molecule has 204 valence electrons. The van der Waals surface area contributed by atoms with Crippen molar-refractivity contribution in [1.82, 2.24) is 9.80 Å². The predicted molar refractivity (Wildman–Crippen MR) is 153 cm³/mol. The highest BCUT2D eigenvalue weighted by molar-refractivity contribution is 5.85. The van der Waals surface area contributed by atoms with Crippen LogP contribution in [0.4, 0.5) is 0 Å².